The average Bonchev–Trinajstić information content (AvgIpc) is 3.38. The Hall–Kier alpha value is -8.80. The highest BCUT2D eigenvalue weighted by Gasteiger charge is 2.16. The van der Waals surface area contributed by atoms with Gasteiger partial charge in [-0.05, 0) is 116 Å². The number of anilines is 3. The number of hydrogen-bond acceptors (Lipinski definition) is 5. The van der Waals surface area contributed by atoms with Crippen LogP contribution < -0.4 is 4.90 Å². The number of rotatable bonds is 6. The Morgan fingerprint density at radius 2 is 0.662 bits per heavy atom. The first kappa shape index (κ1) is 36.8. The highest BCUT2D eigenvalue weighted by Crippen LogP contribution is 2.40. The molecular formula is C60H37N5. The van der Waals surface area contributed by atoms with E-state index < -0.39 is 0 Å². The second-order valence-electron chi connectivity index (χ2n) is 16.7. The van der Waals surface area contributed by atoms with Crippen LogP contribution in [0.3, 0.4) is 0 Å². The molecule has 65 heavy (non-hydrogen) atoms. The molecule has 302 valence electrons. The van der Waals surface area contributed by atoms with E-state index in [1.165, 1.54) is 43.4 Å². The molecule has 9 aromatic carbocycles. The smallest absolute Gasteiger partial charge is 0.0972 e. The van der Waals surface area contributed by atoms with E-state index in [4.69, 9.17) is 9.97 Å². The lowest BCUT2D eigenvalue weighted by atomic mass is 9.96. The van der Waals surface area contributed by atoms with Gasteiger partial charge in [0, 0.05) is 62.1 Å². The zero-order valence-electron chi connectivity index (χ0n) is 35.1. The molecule has 0 aliphatic carbocycles. The Morgan fingerprint density at radius 3 is 1.25 bits per heavy atom. The van der Waals surface area contributed by atoms with E-state index in [0.717, 1.165) is 83.2 Å². The molecule has 0 unspecified atom stereocenters. The van der Waals surface area contributed by atoms with Crippen molar-refractivity contribution >= 4 is 93.0 Å². The minimum atomic E-state index is 0.908. The number of pyridine rings is 4. The molecule has 4 aromatic heterocycles. The van der Waals surface area contributed by atoms with E-state index in [1.54, 1.807) is 0 Å². The maximum atomic E-state index is 5.15. The predicted octanol–water partition coefficient (Wildman–Crippen LogP) is 15.8. The first-order valence-corrected chi connectivity index (χ1v) is 21.9. The Kier molecular flexibility index (Phi) is 8.46. The van der Waals surface area contributed by atoms with Gasteiger partial charge < -0.3 is 4.90 Å². The van der Waals surface area contributed by atoms with Crippen LogP contribution in [0.2, 0.25) is 0 Å². The molecule has 0 spiro atoms. The maximum Gasteiger partial charge on any atom is 0.0972 e. The number of benzene rings is 9. The summed E-state index contributed by atoms with van der Waals surface area (Å²) in [4.78, 5) is 22.0. The van der Waals surface area contributed by atoms with Gasteiger partial charge in [0.05, 0.1) is 33.5 Å². The summed E-state index contributed by atoms with van der Waals surface area (Å²) in [6.07, 6.45) is 3.67. The van der Waals surface area contributed by atoms with Crippen LogP contribution in [0.15, 0.2) is 225 Å². The molecule has 0 aliphatic rings. The van der Waals surface area contributed by atoms with Gasteiger partial charge in [-0.25, -0.2) is 9.97 Å². The third kappa shape index (κ3) is 6.40. The van der Waals surface area contributed by atoms with Gasteiger partial charge in [0.2, 0.25) is 0 Å². The van der Waals surface area contributed by atoms with Crippen LogP contribution in [-0.4, -0.2) is 19.9 Å². The lowest BCUT2D eigenvalue weighted by Crippen LogP contribution is -2.10. The lowest BCUT2D eigenvalue weighted by Gasteiger charge is -2.26. The summed E-state index contributed by atoms with van der Waals surface area (Å²) in [5.74, 6) is 0. The first-order chi connectivity index (χ1) is 32.2. The van der Waals surface area contributed by atoms with Crippen molar-refractivity contribution in [3.05, 3.63) is 225 Å². The summed E-state index contributed by atoms with van der Waals surface area (Å²) in [5.41, 5.74) is 13.1. The zero-order chi connectivity index (χ0) is 42.8. The number of fused-ring (bicyclic) bond motifs is 10. The Balaban J connectivity index is 0.895. The topological polar surface area (TPSA) is 54.8 Å². The molecule has 0 N–H and O–H groups in total. The fourth-order valence-electron chi connectivity index (χ4n) is 9.53. The van der Waals surface area contributed by atoms with Crippen molar-refractivity contribution in [1.29, 1.82) is 0 Å². The molecule has 0 saturated heterocycles. The Labute approximate surface area is 374 Å². The molecule has 0 atom stereocenters. The molecule has 0 saturated carbocycles. The summed E-state index contributed by atoms with van der Waals surface area (Å²) >= 11 is 0. The van der Waals surface area contributed by atoms with Gasteiger partial charge in [-0.2, -0.15) is 0 Å². The average molecular weight is 828 g/mol. The second kappa shape index (κ2) is 14.9. The molecule has 13 rings (SSSR count). The first-order valence-electron chi connectivity index (χ1n) is 21.9. The van der Waals surface area contributed by atoms with Crippen molar-refractivity contribution in [3.63, 3.8) is 0 Å². The van der Waals surface area contributed by atoms with E-state index in [9.17, 15) is 0 Å². The summed E-state index contributed by atoms with van der Waals surface area (Å²) in [7, 11) is 0. The van der Waals surface area contributed by atoms with Crippen LogP contribution >= 0.6 is 0 Å². The summed E-state index contributed by atoms with van der Waals surface area (Å²) < 4.78 is 0. The molecule has 5 heteroatoms. The molecule has 0 bridgehead atoms. The van der Waals surface area contributed by atoms with Gasteiger partial charge in [-0.1, -0.05) is 140 Å². The van der Waals surface area contributed by atoms with Crippen molar-refractivity contribution in [2.45, 2.75) is 0 Å². The van der Waals surface area contributed by atoms with Crippen molar-refractivity contribution in [3.8, 4) is 33.6 Å². The molecule has 0 amide bonds. The van der Waals surface area contributed by atoms with E-state index in [1.807, 2.05) is 24.5 Å². The number of nitrogens with zero attached hydrogens (tertiary/aromatic N) is 5. The molecule has 4 heterocycles. The van der Waals surface area contributed by atoms with Gasteiger partial charge in [0.1, 0.15) is 0 Å². The Bertz CT molecular complexity index is 3850. The van der Waals surface area contributed by atoms with Gasteiger partial charge in [-0.3, -0.25) is 9.97 Å². The van der Waals surface area contributed by atoms with Crippen molar-refractivity contribution < 1.29 is 0 Å². The normalized spacial score (nSPS) is 11.7. The van der Waals surface area contributed by atoms with Crippen LogP contribution in [0, 0.1) is 0 Å². The van der Waals surface area contributed by atoms with E-state index in [-0.39, 0.29) is 0 Å². The van der Waals surface area contributed by atoms with Gasteiger partial charge in [-0.15, -0.1) is 0 Å². The highest BCUT2D eigenvalue weighted by atomic mass is 15.1. The quantitative estimate of drug-likeness (QED) is 0.156. The molecule has 5 nitrogen and oxygen atoms in total. The largest absolute Gasteiger partial charge is 0.310 e. The zero-order valence-corrected chi connectivity index (χ0v) is 35.1. The number of aromatic nitrogens is 4. The third-order valence-corrected chi connectivity index (χ3v) is 12.9. The highest BCUT2D eigenvalue weighted by molar-refractivity contribution is 6.10. The minimum Gasteiger partial charge on any atom is -0.310 e. The summed E-state index contributed by atoms with van der Waals surface area (Å²) in [6.45, 7) is 0. The van der Waals surface area contributed by atoms with E-state index >= 15 is 0 Å². The van der Waals surface area contributed by atoms with Gasteiger partial charge >= 0.3 is 0 Å². The second-order valence-corrected chi connectivity index (χ2v) is 16.7. The van der Waals surface area contributed by atoms with Gasteiger partial charge in [0.15, 0.2) is 0 Å². The van der Waals surface area contributed by atoms with Crippen LogP contribution in [-0.2, 0) is 0 Å². The molecule has 0 fully saturated rings. The Morgan fingerprint density at radius 1 is 0.262 bits per heavy atom. The third-order valence-electron chi connectivity index (χ3n) is 12.9. The minimum absolute atomic E-state index is 0.908. The van der Waals surface area contributed by atoms with E-state index in [0.29, 0.717) is 0 Å². The molecule has 13 aromatic rings. The number of hydrogen-bond donors (Lipinski definition) is 0. The van der Waals surface area contributed by atoms with Crippen molar-refractivity contribution in [2.24, 2.45) is 0 Å². The molecule has 0 aliphatic heterocycles. The fraction of sp³-hybridized carbons (Fsp3) is 0. The van der Waals surface area contributed by atoms with Crippen LogP contribution in [0.4, 0.5) is 17.1 Å². The van der Waals surface area contributed by atoms with Crippen molar-refractivity contribution in [1.82, 2.24) is 19.9 Å². The van der Waals surface area contributed by atoms with Crippen molar-refractivity contribution in [2.75, 3.05) is 4.90 Å². The maximum absolute atomic E-state index is 5.15. The van der Waals surface area contributed by atoms with Crippen LogP contribution in [0.1, 0.15) is 0 Å². The summed E-state index contributed by atoms with van der Waals surface area (Å²) in [6, 6.07) is 75.9. The monoisotopic (exact) mass is 827 g/mol. The standard InChI is InChI=1S/C60H37N5/c1-2-6-45-35-46(14-9-38(45)5-1)47-21-29-53-48(36-47)15-16-49-37-52(28-30-54(49)53)65(50-24-17-39(18-25-50)55-31-22-43-12-10-41-7-3-33-61-57(41)59(43)63-55)51-26-19-40(20-27-51)56-32-23-44-13-11-42-8-4-34-62-58(42)60(44)64-56/h1-37H. The SMILES string of the molecule is c1ccc2cc(-c3ccc4c(ccc5cc(N(c6ccc(-c7ccc8ccc9cccnc9c8n7)cc6)c6ccc(-c7ccc8ccc9cccnc9c8n7)cc6)ccc54)c3)ccc2c1. The van der Waals surface area contributed by atoms with E-state index in [2.05, 4.69) is 215 Å². The summed E-state index contributed by atoms with van der Waals surface area (Å²) in [5, 5.41) is 11.7. The van der Waals surface area contributed by atoms with Gasteiger partial charge in [0.25, 0.3) is 0 Å². The van der Waals surface area contributed by atoms with Crippen LogP contribution in [0.25, 0.3) is 110 Å². The molecule has 0 radical (unpaired) electrons. The fourth-order valence-corrected chi connectivity index (χ4v) is 9.53. The van der Waals surface area contributed by atoms with Crippen LogP contribution in [0.5, 0.6) is 0 Å². The predicted molar refractivity (Wildman–Crippen MR) is 271 cm³/mol. The molecular weight excluding hydrogens is 791 g/mol. The lowest BCUT2D eigenvalue weighted by molar-refractivity contribution is 1.28.